The number of carbonyl (C=O) groups is 3. The number of hydrogen-bond acceptors (Lipinski definition) is 5. The molecule has 0 unspecified atom stereocenters. The summed E-state index contributed by atoms with van der Waals surface area (Å²) in [7, 11) is 0. The second-order valence-electron chi connectivity index (χ2n) is 9.99. The monoisotopic (exact) mass is 549 g/mol. The number of carbonyl (C=O) groups excluding carboxylic acids is 3. The van der Waals surface area contributed by atoms with Gasteiger partial charge in [-0.2, -0.15) is 18.3 Å². The Labute approximate surface area is 228 Å². The Morgan fingerprint density at radius 2 is 1.52 bits per heavy atom. The lowest BCUT2D eigenvalue weighted by atomic mass is 10.0. The number of esters is 1. The summed E-state index contributed by atoms with van der Waals surface area (Å²) in [5, 5.41) is 6.20. The molecule has 0 bridgehead atoms. The van der Waals surface area contributed by atoms with Gasteiger partial charge in [-0.05, 0) is 50.6 Å². The molecule has 0 saturated heterocycles. The average molecular weight is 550 g/mol. The van der Waals surface area contributed by atoms with Gasteiger partial charge < -0.3 is 10.1 Å². The van der Waals surface area contributed by atoms with Crippen LogP contribution in [0.3, 0.4) is 0 Å². The molecule has 0 aliphatic heterocycles. The van der Waals surface area contributed by atoms with E-state index in [1.165, 1.54) is 24.3 Å². The maximum Gasteiger partial charge on any atom is 0.435 e. The van der Waals surface area contributed by atoms with Crippen molar-refractivity contribution in [1.82, 2.24) is 9.78 Å². The van der Waals surface area contributed by atoms with Crippen molar-refractivity contribution in [2.75, 3.05) is 5.32 Å². The number of halogens is 3. The number of anilines is 1. The molecule has 0 spiro atoms. The van der Waals surface area contributed by atoms with Gasteiger partial charge in [0.1, 0.15) is 11.3 Å². The third kappa shape index (κ3) is 7.02. The van der Waals surface area contributed by atoms with Gasteiger partial charge in [0, 0.05) is 22.9 Å². The summed E-state index contributed by atoms with van der Waals surface area (Å²) < 4.78 is 47.0. The molecule has 1 N–H and O–H groups in total. The van der Waals surface area contributed by atoms with E-state index in [4.69, 9.17) is 4.74 Å². The van der Waals surface area contributed by atoms with E-state index in [1.807, 2.05) is 0 Å². The molecule has 3 aromatic carbocycles. The van der Waals surface area contributed by atoms with Crippen LogP contribution in [0, 0.1) is 0 Å². The summed E-state index contributed by atoms with van der Waals surface area (Å²) in [6, 6.07) is 21.4. The molecule has 10 heteroatoms. The molecule has 0 atom stereocenters. The summed E-state index contributed by atoms with van der Waals surface area (Å²) in [6.45, 7) is 5.17. The number of rotatable bonds is 7. The lowest BCUT2D eigenvalue weighted by molar-refractivity contribution is -0.154. The lowest BCUT2D eigenvalue weighted by Gasteiger charge is -2.19. The van der Waals surface area contributed by atoms with Crippen molar-refractivity contribution in [3.63, 3.8) is 0 Å². The van der Waals surface area contributed by atoms with Gasteiger partial charge in [-0.1, -0.05) is 54.6 Å². The number of nitrogens with zero attached hydrogens (tertiary/aromatic N) is 2. The third-order valence-electron chi connectivity index (χ3n) is 5.57. The summed E-state index contributed by atoms with van der Waals surface area (Å²) in [6.07, 6.45) is -4.93. The summed E-state index contributed by atoms with van der Waals surface area (Å²) >= 11 is 0. The van der Waals surface area contributed by atoms with Crippen molar-refractivity contribution in [2.24, 2.45) is 0 Å². The fourth-order valence-corrected chi connectivity index (χ4v) is 3.91. The minimum absolute atomic E-state index is 0.123. The normalized spacial score (nSPS) is 11.7. The van der Waals surface area contributed by atoms with Crippen LogP contribution >= 0.6 is 0 Å². The molecule has 1 heterocycles. The minimum Gasteiger partial charge on any atom is -0.460 e. The molecule has 0 fully saturated rings. The molecule has 40 heavy (non-hydrogen) atoms. The third-order valence-corrected chi connectivity index (χ3v) is 5.57. The van der Waals surface area contributed by atoms with Crippen LogP contribution in [0.4, 0.5) is 18.9 Å². The van der Waals surface area contributed by atoms with Gasteiger partial charge in [-0.25, -0.2) is 4.68 Å². The highest BCUT2D eigenvalue weighted by Crippen LogP contribution is 2.30. The molecule has 0 radical (unpaired) electrons. The maximum absolute atomic E-state index is 13.6. The first kappa shape index (κ1) is 28.3. The van der Waals surface area contributed by atoms with Crippen LogP contribution in [-0.2, 0) is 22.1 Å². The standard InChI is InChI=1S/C30H26F3N3O4/c1-29(2,3)40-26(37)16-19-9-7-14-23(15-19)36-24(18-25(35-36)30(31,32)33)28(39)34-22-13-8-12-21(17-22)27(38)20-10-5-4-6-11-20/h4-15,17-18H,16H2,1-3H3,(H,34,39). The van der Waals surface area contributed by atoms with E-state index in [2.05, 4.69) is 10.4 Å². The predicted octanol–water partition coefficient (Wildman–Crippen LogP) is 6.26. The number of hydrogen-bond donors (Lipinski definition) is 1. The molecule has 0 aliphatic carbocycles. The molecule has 4 aromatic rings. The Balaban J connectivity index is 1.63. The second kappa shape index (κ2) is 11.2. The lowest BCUT2D eigenvalue weighted by Crippen LogP contribution is -2.25. The van der Waals surface area contributed by atoms with Crippen LogP contribution in [-0.4, -0.2) is 33.0 Å². The Hall–Kier alpha value is -4.73. The van der Waals surface area contributed by atoms with Gasteiger partial charge in [0.05, 0.1) is 12.1 Å². The maximum atomic E-state index is 13.6. The van der Waals surface area contributed by atoms with Crippen molar-refractivity contribution in [3.8, 4) is 5.69 Å². The average Bonchev–Trinajstić information content (AvgIpc) is 3.35. The number of aromatic nitrogens is 2. The quantitative estimate of drug-likeness (QED) is 0.217. The van der Waals surface area contributed by atoms with E-state index in [0.717, 1.165) is 4.68 Å². The van der Waals surface area contributed by atoms with Crippen molar-refractivity contribution in [3.05, 3.63) is 113 Å². The number of alkyl halides is 3. The van der Waals surface area contributed by atoms with E-state index in [9.17, 15) is 27.6 Å². The van der Waals surface area contributed by atoms with Crippen molar-refractivity contribution in [2.45, 2.75) is 39.0 Å². The predicted molar refractivity (Wildman–Crippen MR) is 142 cm³/mol. The molecule has 0 aliphatic rings. The molecular weight excluding hydrogens is 523 g/mol. The topological polar surface area (TPSA) is 90.3 Å². The SMILES string of the molecule is CC(C)(C)OC(=O)Cc1cccc(-n2nc(C(F)(F)F)cc2C(=O)Nc2cccc(C(=O)c3ccccc3)c2)c1. The van der Waals surface area contributed by atoms with Crippen LogP contribution < -0.4 is 5.32 Å². The molecule has 1 amide bonds. The Kier molecular flexibility index (Phi) is 7.90. The summed E-state index contributed by atoms with van der Waals surface area (Å²) in [4.78, 5) is 38.3. The van der Waals surface area contributed by atoms with Gasteiger partial charge in [0.15, 0.2) is 11.5 Å². The van der Waals surface area contributed by atoms with Crippen LogP contribution in [0.15, 0.2) is 84.9 Å². The first-order chi connectivity index (χ1) is 18.8. The summed E-state index contributed by atoms with van der Waals surface area (Å²) in [5.41, 5.74) is -0.777. The Bertz CT molecular complexity index is 1550. The van der Waals surface area contributed by atoms with Crippen LogP contribution in [0.5, 0.6) is 0 Å². The van der Waals surface area contributed by atoms with Crippen LogP contribution in [0.25, 0.3) is 5.69 Å². The molecule has 4 rings (SSSR count). The van der Waals surface area contributed by atoms with Crippen LogP contribution in [0.1, 0.15) is 58.4 Å². The highest BCUT2D eigenvalue weighted by atomic mass is 19.4. The fourth-order valence-electron chi connectivity index (χ4n) is 3.91. The number of amides is 1. The van der Waals surface area contributed by atoms with E-state index in [0.29, 0.717) is 22.8 Å². The highest BCUT2D eigenvalue weighted by molar-refractivity contribution is 6.10. The highest BCUT2D eigenvalue weighted by Gasteiger charge is 2.36. The molecular formula is C30H26F3N3O4. The van der Waals surface area contributed by atoms with Gasteiger partial charge in [-0.15, -0.1) is 0 Å². The van der Waals surface area contributed by atoms with Gasteiger partial charge >= 0.3 is 12.1 Å². The zero-order chi connectivity index (χ0) is 29.1. The van der Waals surface area contributed by atoms with Gasteiger partial charge in [0.25, 0.3) is 5.91 Å². The van der Waals surface area contributed by atoms with E-state index in [1.54, 1.807) is 75.4 Å². The van der Waals surface area contributed by atoms with Crippen molar-refractivity contribution in [1.29, 1.82) is 0 Å². The molecule has 206 valence electrons. The molecule has 7 nitrogen and oxygen atoms in total. The van der Waals surface area contributed by atoms with Crippen LogP contribution in [0.2, 0.25) is 0 Å². The summed E-state index contributed by atoms with van der Waals surface area (Å²) in [5.74, 6) is -1.66. The van der Waals surface area contributed by atoms with Crippen molar-refractivity contribution >= 4 is 23.3 Å². The van der Waals surface area contributed by atoms with Crippen molar-refractivity contribution < 1.29 is 32.3 Å². The largest absolute Gasteiger partial charge is 0.460 e. The first-order valence-electron chi connectivity index (χ1n) is 12.3. The van der Waals surface area contributed by atoms with E-state index in [-0.39, 0.29) is 29.3 Å². The van der Waals surface area contributed by atoms with E-state index >= 15 is 0 Å². The van der Waals surface area contributed by atoms with Gasteiger partial charge in [-0.3, -0.25) is 14.4 Å². The number of benzene rings is 3. The number of ketones is 1. The zero-order valence-electron chi connectivity index (χ0n) is 22.0. The number of nitrogens with one attached hydrogen (secondary N) is 1. The Morgan fingerprint density at radius 3 is 2.20 bits per heavy atom. The molecule has 1 aromatic heterocycles. The van der Waals surface area contributed by atoms with Gasteiger partial charge in [0.2, 0.25) is 0 Å². The minimum atomic E-state index is -4.81. The Morgan fingerprint density at radius 1 is 0.850 bits per heavy atom. The molecule has 0 saturated carbocycles. The first-order valence-corrected chi connectivity index (χ1v) is 12.3. The smallest absolute Gasteiger partial charge is 0.435 e. The number of ether oxygens (including phenoxy) is 1. The van der Waals surface area contributed by atoms with E-state index < -0.39 is 29.3 Å². The second-order valence-corrected chi connectivity index (χ2v) is 9.99. The zero-order valence-corrected chi connectivity index (χ0v) is 22.0. The fraction of sp³-hybridized carbons (Fsp3) is 0.200.